The van der Waals surface area contributed by atoms with Gasteiger partial charge in [0.15, 0.2) is 0 Å². The second-order valence-corrected chi connectivity index (χ2v) is 12.4. The maximum Gasteiger partial charge on any atom is 0.330 e. The minimum Gasteiger partial charge on any atom is -0.481 e. The first-order valence-corrected chi connectivity index (χ1v) is 15.7. The lowest BCUT2D eigenvalue weighted by Gasteiger charge is -2.20. The van der Waals surface area contributed by atoms with Gasteiger partial charge < -0.3 is 25.3 Å². The average molecular weight is 682 g/mol. The Morgan fingerprint density at radius 2 is 1.85 bits per heavy atom. The molecular weight excluding hydrogens is 650 g/mol. The molecule has 1 saturated heterocycles. The number of methoxy groups -OCH3 is 1. The van der Waals surface area contributed by atoms with Crippen molar-refractivity contribution in [2.45, 2.75) is 37.8 Å². The molecule has 3 heterocycles. The molecule has 3 N–H and O–H groups in total. The third kappa shape index (κ3) is 6.04. The van der Waals surface area contributed by atoms with Gasteiger partial charge in [-0.1, -0.05) is 41.4 Å². The Balaban J connectivity index is 1.32. The molecule has 2 aliphatic rings. The highest BCUT2D eigenvalue weighted by Crippen LogP contribution is 2.45. The van der Waals surface area contributed by atoms with Crippen LogP contribution < -0.4 is 31.9 Å². The third-order valence-electron chi connectivity index (χ3n) is 8.62. The van der Waals surface area contributed by atoms with Crippen LogP contribution in [0.1, 0.15) is 46.8 Å². The standard InChI is InChI=1S/C33H31Cl2FN6O5/c1-41-15-20(32(45)42(2)33(41)46)30(44)39-23-11-9-21(36)27(29(23)35)19-6-4-5-18(28(19)34)24-13-16-7-10-22(26(16)31(40-24)47-3)37-14-17-8-12-25(43)38-17/h4-6,9,11,13,15,17,22,37H,7-8,10,12,14H2,1-3H3,(H,38,43)(H,39,44)/t17-,22-/m0/s1. The Bertz CT molecular complexity index is 2060. The lowest BCUT2D eigenvalue weighted by molar-refractivity contribution is -0.119. The highest BCUT2D eigenvalue weighted by molar-refractivity contribution is 6.39. The fourth-order valence-corrected chi connectivity index (χ4v) is 6.81. The monoisotopic (exact) mass is 680 g/mol. The van der Waals surface area contributed by atoms with Crippen molar-refractivity contribution in [2.24, 2.45) is 14.1 Å². The molecule has 0 unspecified atom stereocenters. The van der Waals surface area contributed by atoms with Gasteiger partial charge in [-0.3, -0.25) is 19.0 Å². The van der Waals surface area contributed by atoms with E-state index in [4.69, 9.17) is 32.9 Å². The Morgan fingerprint density at radius 3 is 2.57 bits per heavy atom. The van der Waals surface area contributed by atoms with E-state index < -0.39 is 23.0 Å². The van der Waals surface area contributed by atoms with E-state index in [1.165, 1.54) is 20.2 Å². The molecule has 4 aromatic rings. The molecule has 2 aromatic heterocycles. The number of hydrogen-bond donors (Lipinski definition) is 3. The molecule has 14 heteroatoms. The van der Waals surface area contributed by atoms with Crippen LogP contribution in [0.15, 0.2) is 52.2 Å². The number of hydrogen-bond acceptors (Lipinski definition) is 7. The second kappa shape index (κ2) is 12.9. The molecule has 11 nitrogen and oxygen atoms in total. The average Bonchev–Trinajstić information content (AvgIpc) is 3.67. The van der Waals surface area contributed by atoms with E-state index in [0.29, 0.717) is 30.1 Å². The van der Waals surface area contributed by atoms with Gasteiger partial charge in [0.1, 0.15) is 11.4 Å². The number of amides is 2. The van der Waals surface area contributed by atoms with E-state index in [-0.39, 0.29) is 50.4 Å². The van der Waals surface area contributed by atoms with Gasteiger partial charge in [0.2, 0.25) is 11.8 Å². The number of aromatic nitrogens is 3. The number of ether oxygens (including phenoxy) is 1. The number of nitrogens with zero attached hydrogens (tertiary/aromatic N) is 3. The fraction of sp³-hybridized carbons (Fsp3) is 0.303. The Labute approximate surface area is 278 Å². The molecule has 0 bridgehead atoms. The van der Waals surface area contributed by atoms with Gasteiger partial charge in [-0.2, -0.15) is 0 Å². The zero-order valence-electron chi connectivity index (χ0n) is 25.7. The van der Waals surface area contributed by atoms with Crippen molar-refractivity contribution in [1.82, 2.24) is 24.8 Å². The molecule has 2 atom stereocenters. The quantitative estimate of drug-likeness (QED) is 0.251. The zero-order chi connectivity index (χ0) is 33.6. The van der Waals surface area contributed by atoms with Crippen LogP contribution in [-0.4, -0.2) is 45.6 Å². The molecule has 0 radical (unpaired) electrons. The normalized spacial score (nSPS) is 17.0. The summed E-state index contributed by atoms with van der Waals surface area (Å²) in [5, 5.41) is 9.13. The number of halogens is 3. The van der Waals surface area contributed by atoms with Crippen molar-refractivity contribution in [1.29, 1.82) is 0 Å². The minimum absolute atomic E-state index is 0.00705. The van der Waals surface area contributed by atoms with Crippen molar-refractivity contribution in [3.8, 4) is 28.3 Å². The predicted octanol–water partition coefficient (Wildman–Crippen LogP) is 4.38. The smallest absolute Gasteiger partial charge is 0.330 e. The van der Waals surface area contributed by atoms with Crippen LogP contribution >= 0.6 is 23.2 Å². The van der Waals surface area contributed by atoms with Crippen molar-refractivity contribution in [2.75, 3.05) is 19.0 Å². The summed E-state index contributed by atoms with van der Waals surface area (Å²) in [7, 11) is 4.23. The summed E-state index contributed by atoms with van der Waals surface area (Å²) in [4.78, 5) is 54.1. The molecule has 1 fully saturated rings. The Hall–Kier alpha value is -4.52. The number of fused-ring (bicyclic) bond motifs is 1. The van der Waals surface area contributed by atoms with Crippen molar-refractivity contribution in [3.05, 3.63) is 96.0 Å². The summed E-state index contributed by atoms with van der Waals surface area (Å²) in [5.41, 5.74) is 1.62. The topological polar surface area (TPSA) is 136 Å². The number of aryl methyl sites for hydroxylation is 2. The molecule has 1 aliphatic carbocycles. The first kappa shape index (κ1) is 32.4. The van der Waals surface area contributed by atoms with Crippen molar-refractivity contribution >= 4 is 40.7 Å². The van der Waals surface area contributed by atoms with Gasteiger partial charge in [-0.15, -0.1) is 0 Å². The molecular formula is C33H31Cl2FN6O5. The number of benzene rings is 2. The molecule has 2 aromatic carbocycles. The highest BCUT2D eigenvalue weighted by atomic mass is 35.5. The van der Waals surface area contributed by atoms with Crippen LogP contribution in [-0.2, 0) is 25.3 Å². The van der Waals surface area contributed by atoms with E-state index >= 15 is 4.39 Å². The van der Waals surface area contributed by atoms with Crippen LogP contribution in [0.25, 0.3) is 22.4 Å². The van der Waals surface area contributed by atoms with Crippen LogP contribution in [0, 0.1) is 5.82 Å². The number of rotatable bonds is 8. The fourth-order valence-electron chi connectivity index (χ4n) is 6.19. The van der Waals surface area contributed by atoms with Crippen molar-refractivity contribution < 1.29 is 18.7 Å². The van der Waals surface area contributed by atoms with Gasteiger partial charge >= 0.3 is 5.69 Å². The van der Waals surface area contributed by atoms with Crippen LogP contribution in [0.5, 0.6) is 5.88 Å². The lowest BCUT2D eigenvalue weighted by Crippen LogP contribution is -2.40. The van der Waals surface area contributed by atoms with Gasteiger partial charge in [0.05, 0.1) is 28.5 Å². The molecule has 1 aliphatic heterocycles. The lowest BCUT2D eigenvalue weighted by atomic mass is 9.98. The summed E-state index contributed by atoms with van der Waals surface area (Å²) in [6.07, 6.45) is 4.06. The molecule has 0 spiro atoms. The van der Waals surface area contributed by atoms with E-state index in [0.717, 1.165) is 51.8 Å². The SMILES string of the molecule is COc1nc(-c2cccc(-c3c(F)ccc(NC(=O)c4cn(C)c(=O)n(C)c4=O)c3Cl)c2Cl)cc2c1[C@@H](NC[C@@H]1CCC(=O)N1)CC2. The second-order valence-electron chi connectivity index (χ2n) is 11.6. The van der Waals surface area contributed by atoms with E-state index in [1.54, 1.807) is 25.3 Å². The summed E-state index contributed by atoms with van der Waals surface area (Å²) in [6.45, 7) is 0.641. The first-order valence-electron chi connectivity index (χ1n) is 14.9. The minimum atomic E-state index is -0.823. The number of anilines is 1. The number of carbonyl (C=O) groups is 2. The summed E-state index contributed by atoms with van der Waals surface area (Å²) in [5.74, 6) is -0.992. The van der Waals surface area contributed by atoms with Crippen molar-refractivity contribution in [3.63, 3.8) is 0 Å². The molecule has 2 amide bonds. The first-order chi connectivity index (χ1) is 22.5. The van der Waals surface area contributed by atoms with Crippen LogP contribution in [0.3, 0.4) is 0 Å². The third-order valence-corrected chi connectivity index (χ3v) is 9.42. The summed E-state index contributed by atoms with van der Waals surface area (Å²) < 4.78 is 23.1. The number of carbonyl (C=O) groups excluding carboxylic acids is 2. The van der Waals surface area contributed by atoms with E-state index in [9.17, 15) is 19.2 Å². The Morgan fingerprint density at radius 1 is 1.09 bits per heavy atom. The summed E-state index contributed by atoms with van der Waals surface area (Å²) >= 11 is 13.6. The van der Waals surface area contributed by atoms with Gasteiger partial charge in [0.25, 0.3) is 11.5 Å². The van der Waals surface area contributed by atoms with E-state index in [2.05, 4.69) is 16.0 Å². The largest absolute Gasteiger partial charge is 0.481 e. The predicted molar refractivity (Wildman–Crippen MR) is 177 cm³/mol. The molecule has 6 rings (SSSR count). The van der Waals surface area contributed by atoms with Gasteiger partial charge in [-0.05, 0) is 43.0 Å². The highest BCUT2D eigenvalue weighted by Gasteiger charge is 2.30. The molecule has 0 saturated carbocycles. The zero-order valence-corrected chi connectivity index (χ0v) is 27.3. The maximum atomic E-state index is 15.4. The van der Waals surface area contributed by atoms with Crippen LogP contribution in [0.2, 0.25) is 10.0 Å². The number of pyridine rings is 1. The molecule has 47 heavy (non-hydrogen) atoms. The molecule has 244 valence electrons. The Kier molecular flexibility index (Phi) is 8.93. The number of nitrogens with one attached hydrogen (secondary N) is 3. The van der Waals surface area contributed by atoms with Crippen LogP contribution in [0.4, 0.5) is 10.1 Å². The maximum absolute atomic E-state index is 15.4. The van der Waals surface area contributed by atoms with Gasteiger partial charge in [-0.25, -0.2) is 14.2 Å². The summed E-state index contributed by atoms with van der Waals surface area (Å²) in [6, 6.07) is 9.54. The van der Waals surface area contributed by atoms with E-state index in [1.807, 2.05) is 6.07 Å². The van der Waals surface area contributed by atoms with Gasteiger partial charge in [0, 0.05) is 67.6 Å².